The highest BCUT2D eigenvalue weighted by molar-refractivity contribution is 7.54. The minimum atomic E-state index is -4.49. The number of ether oxygens (including phenoxy) is 1. The number of hydrogen-bond donors (Lipinski definition) is 5. The van der Waals surface area contributed by atoms with E-state index in [1.165, 1.54) is 17.9 Å². The smallest absolute Gasteiger partial charge is 0.359 e. The maximum absolute atomic E-state index is 13.1. The number of aromatic nitrogens is 4. The Morgan fingerprint density at radius 2 is 1.77 bits per heavy atom. The van der Waals surface area contributed by atoms with Gasteiger partial charge in [-0.2, -0.15) is 4.98 Å². The highest BCUT2D eigenvalue weighted by atomic mass is 31.2. The molecule has 3 heterocycles. The number of fused-ring (bicyclic) bond motifs is 1. The third-order valence-electron chi connectivity index (χ3n) is 7.29. The average Bonchev–Trinajstić information content (AvgIpc) is 3.37. The summed E-state index contributed by atoms with van der Waals surface area (Å²) in [7, 11) is -3.04. The molecular formula is C21H36N5O8P. The van der Waals surface area contributed by atoms with Crippen LogP contribution in [-0.4, -0.2) is 68.6 Å². The van der Waals surface area contributed by atoms with Gasteiger partial charge in [-0.3, -0.25) is 23.0 Å². The zero-order valence-electron chi connectivity index (χ0n) is 20.7. The van der Waals surface area contributed by atoms with E-state index in [0.717, 1.165) is 4.57 Å². The molecular weight excluding hydrogens is 481 g/mol. The van der Waals surface area contributed by atoms with Gasteiger partial charge >= 0.3 is 7.60 Å². The molecule has 2 aromatic heterocycles. The highest BCUT2D eigenvalue weighted by Crippen LogP contribution is 2.61. The summed E-state index contributed by atoms with van der Waals surface area (Å²) in [5.74, 6) is -0.0590. The molecule has 0 saturated carbocycles. The summed E-state index contributed by atoms with van der Waals surface area (Å²) in [6.45, 7) is 6.73. The second kappa shape index (κ2) is 9.89. The van der Waals surface area contributed by atoms with E-state index in [1.54, 1.807) is 27.7 Å². The molecule has 1 saturated heterocycles. The Labute approximate surface area is 203 Å². The predicted molar refractivity (Wildman–Crippen MR) is 127 cm³/mol. The van der Waals surface area contributed by atoms with Gasteiger partial charge in [0.15, 0.2) is 22.7 Å². The molecule has 0 aliphatic carbocycles. The van der Waals surface area contributed by atoms with Crippen LogP contribution in [-0.2, 0) is 20.9 Å². The number of aliphatic hydroxyl groups excluding tert-OH is 2. The maximum Gasteiger partial charge on any atom is 0.359 e. The second-order valence-corrected chi connectivity index (χ2v) is 11.2. The number of imidazole rings is 1. The van der Waals surface area contributed by atoms with E-state index in [2.05, 4.69) is 9.97 Å². The maximum atomic E-state index is 13.1. The van der Waals surface area contributed by atoms with Gasteiger partial charge in [0.25, 0.3) is 5.56 Å². The fourth-order valence-electron chi connectivity index (χ4n) is 4.45. The molecule has 1 unspecified atom stereocenters. The van der Waals surface area contributed by atoms with Crippen LogP contribution in [0.25, 0.3) is 11.2 Å². The highest BCUT2D eigenvalue weighted by Gasteiger charge is 2.52. The molecule has 1 fully saturated rings. The van der Waals surface area contributed by atoms with Gasteiger partial charge in [-0.05, 0) is 25.7 Å². The number of anilines is 1. The summed E-state index contributed by atoms with van der Waals surface area (Å²) >= 11 is 0. The number of aliphatic hydroxyl groups is 3. The minimum absolute atomic E-state index is 0.0213. The van der Waals surface area contributed by atoms with E-state index >= 15 is 0 Å². The first-order valence-electron chi connectivity index (χ1n) is 11.8. The molecule has 1 aliphatic rings. The van der Waals surface area contributed by atoms with Gasteiger partial charge in [0.05, 0.1) is 18.0 Å². The van der Waals surface area contributed by atoms with E-state index in [9.17, 15) is 29.6 Å². The normalized spacial score (nSPS) is 25.3. The lowest BCUT2D eigenvalue weighted by Gasteiger charge is -2.40. The topological polar surface area (TPSA) is 195 Å². The predicted octanol–water partition coefficient (Wildman–Crippen LogP) is 0.991. The van der Waals surface area contributed by atoms with Crippen molar-refractivity contribution in [2.24, 2.45) is 7.05 Å². The Hall–Kier alpha value is -1.86. The molecule has 6 N–H and O–H groups in total. The van der Waals surface area contributed by atoms with E-state index in [-0.39, 0.29) is 49.2 Å². The van der Waals surface area contributed by atoms with Crippen LogP contribution in [0.15, 0.2) is 11.1 Å². The summed E-state index contributed by atoms with van der Waals surface area (Å²) in [5, 5.41) is 30.4. The molecule has 35 heavy (non-hydrogen) atoms. The summed E-state index contributed by atoms with van der Waals surface area (Å²) in [5.41, 5.74) is 4.22. The van der Waals surface area contributed by atoms with Gasteiger partial charge < -0.3 is 30.7 Å². The molecule has 0 aromatic carbocycles. The molecule has 1 aliphatic heterocycles. The Kier molecular flexibility index (Phi) is 7.83. The lowest BCUT2D eigenvalue weighted by atomic mass is 9.88. The van der Waals surface area contributed by atoms with Crippen molar-refractivity contribution in [2.45, 2.75) is 95.3 Å². The van der Waals surface area contributed by atoms with E-state index < -0.39 is 48.6 Å². The zero-order chi connectivity index (χ0) is 26.3. The third kappa shape index (κ3) is 4.66. The Balaban J connectivity index is 1.92. The van der Waals surface area contributed by atoms with Crippen molar-refractivity contribution < 1.29 is 34.0 Å². The monoisotopic (exact) mass is 517 g/mol. The van der Waals surface area contributed by atoms with Crippen molar-refractivity contribution in [3.63, 3.8) is 0 Å². The molecule has 13 nitrogen and oxygen atoms in total. The van der Waals surface area contributed by atoms with Gasteiger partial charge in [-0.15, -0.1) is 0 Å². The van der Waals surface area contributed by atoms with Crippen LogP contribution in [0.2, 0.25) is 0 Å². The first kappa shape index (κ1) is 27.7. The largest absolute Gasteiger partial charge is 0.388 e. The van der Waals surface area contributed by atoms with E-state index in [0.29, 0.717) is 0 Å². The summed E-state index contributed by atoms with van der Waals surface area (Å²) in [4.78, 5) is 31.4. The number of nitrogens with zero attached hydrogens (tertiary/aromatic N) is 4. The van der Waals surface area contributed by atoms with Crippen LogP contribution < -0.4 is 11.3 Å². The molecule has 0 radical (unpaired) electrons. The molecule has 14 heteroatoms. The standard InChI is InChI=1S/C21H36N5O8P/c1-6-20(7-2,34-35(31,32)21(30,8-3)9-4)10-12-14(27)15(28)18(33-12)26-11-23-13-16(26)24-19(22)25(5)17(13)29/h11-12,14-15,18,27-28,30H,6-10H2,1-5H3,(H2,22,24)(H,31,32)/t12-,14+,15+,18+/m0/s1. The van der Waals surface area contributed by atoms with Gasteiger partial charge in [0.1, 0.15) is 12.2 Å². The SMILES string of the molecule is CCC(CC)(C[C@@H]1O[C@@H](n2cnc3c(=O)n(C)c(N)nc32)[C@H](O)[C@@H]1O)OP(=O)(O)C(O)(CC)CC. The van der Waals surface area contributed by atoms with Crippen molar-refractivity contribution in [1.29, 1.82) is 0 Å². The second-order valence-electron chi connectivity index (χ2n) is 9.10. The Bertz CT molecular complexity index is 1160. The Morgan fingerprint density at radius 1 is 1.17 bits per heavy atom. The number of nitrogen functional groups attached to an aromatic ring is 1. The van der Waals surface area contributed by atoms with Crippen molar-refractivity contribution in [3.8, 4) is 0 Å². The van der Waals surface area contributed by atoms with Crippen LogP contribution >= 0.6 is 7.60 Å². The lowest BCUT2D eigenvalue weighted by Crippen LogP contribution is -2.42. The van der Waals surface area contributed by atoms with Crippen LogP contribution in [0.3, 0.4) is 0 Å². The van der Waals surface area contributed by atoms with E-state index in [1.807, 2.05) is 0 Å². The third-order valence-corrected chi connectivity index (χ3v) is 9.61. The Morgan fingerprint density at radius 3 is 2.31 bits per heavy atom. The van der Waals surface area contributed by atoms with Crippen LogP contribution in [0.5, 0.6) is 0 Å². The number of rotatable bonds is 10. The molecule has 0 bridgehead atoms. The fourth-order valence-corrected chi connectivity index (χ4v) is 6.27. The van der Waals surface area contributed by atoms with Gasteiger partial charge in [0.2, 0.25) is 5.95 Å². The lowest BCUT2D eigenvalue weighted by molar-refractivity contribution is -0.0761. The van der Waals surface area contributed by atoms with Crippen molar-refractivity contribution >= 4 is 24.7 Å². The van der Waals surface area contributed by atoms with Crippen molar-refractivity contribution in [3.05, 3.63) is 16.7 Å². The molecule has 198 valence electrons. The molecule has 5 atom stereocenters. The minimum Gasteiger partial charge on any atom is -0.388 e. The van der Waals surface area contributed by atoms with Crippen LogP contribution in [0.1, 0.15) is 66.0 Å². The average molecular weight is 518 g/mol. The summed E-state index contributed by atoms with van der Waals surface area (Å²) < 4.78 is 27.3. The first-order chi connectivity index (χ1) is 16.3. The number of hydrogen-bond acceptors (Lipinski definition) is 10. The summed E-state index contributed by atoms with van der Waals surface area (Å²) in [6.07, 6.45) is -3.08. The molecule has 0 amide bonds. The number of nitrogens with two attached hydrogens (primary N) is 1. The van der Waals surface area contributed by atoms with Crippen molar-refractivity contribution in [2.75, 3.05) is 5.73 Å². The zero-order valence-corrected chi connectivity index (χ0v) is 21.6. The van der Waals surface area contributed by atoms with Gasteiger partial charge in [0, 0.05) is 13.5 Å². The molecule has 0 spiro atoms. The first-order valence-corrected chi connectivity index (χ1v) is 13.3. The molecule has 2 aromatic rings. The van der Waals surface area contributed by atoms with Gasteiger partial charge in [-0.1, -0.05) is 27.7 Å². The molecule has 3 rings (SSSR count). The van der Waals surface area contributed by atoms with Crippen LogP contribution in [0.4, 0.5) is 5.95 Å². The van der Waals surface area contributed by atoms with Crippen molar-refractivity contribution in [1.82, 2.24) is 19.1 Å². The fraction of sp³-hybridized carbons (Fsp3) is 0.762. The van der Waals surface area contributed by atoms with Crippen LogP contribution in [0, 0.1) is 0 Å². The van der Waals surface area contributed by atoms with E-state index in [4.69, 9.17) is 15.0 Å². The van der Waals surface area contributed by atoms with Gasteiger partial charge in [-0.25, -0.2) is 4.98 Å². The summed E-state index contributed by atoms with van der Waals surface area (Å²) in [6, 6.07) is 0. The quantitative estimate of drug-likeness (QED) is 0.282.